The number of hydrogen-bond acceptors (Lipinski definition) is 1. The molecule has 0 spiro atoms. The quantitative estimate of drug-likeness (QED) is 0.148. The van der Waals surface area contributed by atoms with Crippen LogP contribution >= 0.6 is 0 Å². The molecule has 0 bridgehead atoms. The average molecular weight is 954 g/mol. The summed E-state index contributed by atoms with van der Waals surface area (Å²) >= 11 is 0. The van der Waals surface area contributed by atoms with Gasteiger partial charge >= 0.3 is 0 Å². The lowest BCUT2D eigenvalue weighted by molar-refractivity contribution is 1.18. The Bertz CT molecular complexity index is 4470. The van der Waals surface area contributed by atoms with Crippen molar-refractivity contribution in [1.82, 2.24) is 9.13 Å². The maximum Gasteiger partial charge on any atom is 0.0547 e. The first-order chi connectivity index (χ1) is 37.2. The molecule has 15 aromatic rings. The van der Waals surface area contributed by atoms with Crippen LogP contribution in [0.2, 0.25) is 0 Å². The highest BCUT2D eigenvalue weighted by Gasteiger charge is 2.20. The van der Waals surface area contributed by atoms with Crippen LogP contribution in [0.1, 0.15) is 0 Å². The summed E-state index contributed by atoms with van der Waals surface area (Å²) in [6.07, 6.45) is 0. The van der Waals surface area contributed by atoms with Crippen LogP contribution in [0, 0.1) is 0 Å². The predicted octanol–water partition coefficient (Wildman–Crippen LogP) is 19.8. The topological polar surface area (TPSA) is 13.1 Å². The Kier molecular flexibility index (Phi) is 9.89. The van der Waals surface area contributed by atoms with E-state index in [0.717, 1.165) is 50.7 Å². The highest BCUT2D eigenvalue weighted by atomic mass is 15.1. The second kappa shape index (κ2) is 17.4. The summed E-state index contributed by atoms with van der Waals surface area (Å²) in [7, 11) is 0. The maximum absolute atomic E-state index is 2.43. The summed E-state index contributed by atoms with van der Waals surface area (Å²) in [5.41, 5.74) is 17.3. The van der Waals surface area contributed by atoms with Gasteiger partial charge in [-0.3, -0.25) is 0 Å². The van der Waals surface area contributed by atoms with E-state index in [9.17, 15) is 0 Å². The van der Waals surface area contributed by atoms with E-state index in [4.69, 9.17) is 0 Å². The Morgan fingerprint density at radius 3 is 1.13 bits per heavy atom. The number of aromatic nitrogens is 2. The molecule has 3 heteroatoms. The van der Waals surface area contributed by atoms with Crippen molar-refractivity contribution in [2.45, 2.75) is 0 Å². The van der Waals surface area contributed by atoms with Crippen LogP contribution in [0.15, 0.2) is 285 Å². The van der Waals surface area contributed by atoms with E-state index in [1.807, 2.05) is 0 Å². The fourth-order valence-electron chi connectivity index (χ4n) is 11.9. The van der Waals surface area contributed by atoms with Crippen LogP contribution in [0.3, 0.4) is 0 Å². The second-order valence-corrected chi connectivity index (χ2v) is 19.7. The minimum atomic E-state index is 1.09. The first kappa shape index (κ1) is 42.7. The molecule has 0 saturated heterocycles. The van der Waals surface area contributed by atoms with E-state index in [2.05, 4.69) is 299 Å². The molecule has 0 aliphatic rings. The highest BCUT2D eigenvalue weighted by molar-refractivity contribution is 6.23. The molecule has 2 aromatic heterocycles. The molecule has 350 valence electrons. The molecule has 0 fully saturated rings. The number of rotatable bonds is 8. The van der Waals surface area contributed by atoms with Crippen molar-refractivity contribution in [2.75, 3.05) is 4.90 Å². The van der Waals surface area contributed by atoms with Gasteiger partial charge in [0.2, 0.25) is 0 Å². The van der Waals surface area contributed by atoms with Gasteiger partial charge < -0.3 is 14.0 Å². The van der Waals surface area contributed by atoms with Gasteiger partial charge in [-0.1, -0.05) is 170 Å². The monoisotopic (exact) mass is 953 g/mol. The molecular formula is C72H47N3. The molecule has 13 aromatic carbocycles. The van der Waals surface area contributed by atoms with Crippen LogP contribution in [-0.2, 0) is 0 Å². The first-order valence-corrected chi connectivity index (χ1v) is 25.8. The minimum Gasteiger partial charge on any atom is -0.310 e. The molecular weight excluding hydrogens is 907 g/mol. The van der Waals surface area contributed by atoms with Gasteiger partial charge in [-0.15, -0.1) is 0 Å². The Morgan fingerprint density at radius 2 is 0.600 bits per heavy atom. The van der Waals surface area contributed by atoms with Crippen LogP contribution in [0.4, 0.5) is 17.1 Å². The SMILES string of the molecule is c1ccc(N(c2ccc(-c3cc(-c4ccc5c(c4)c4c6ccccc6ccc4n5-c4ccccc4)cc(-c4ccc5c(c4)c4c6ccccc6ccc4n5-c4ccccc4)c3)cc2)c2ccc3ccccc3c2)cc1. The molecule has 3 nitrogen and oxygen atoms in total. The smallest absolute Gasteiger partial charge is 0.0547 e. The van der Waals surface area contributed by atoms with Crippen molar-refractivity contribution >= 4 is 93.0 Å². The minimum absolute atomic E-state index is 1.09. The van der Waals surface area contributed by atoms with Gasteiger partial charge in [-0.2, -0.15) is 0 Å². The van der Waals surface area contributed by atoms with Crippen LogP contribution in [-0.4, -0.2) is 9.13 Å². The summed E-state index contributed by atoms with van der Waals surface area (Å²) in [6, 6.07) is 105. The predicted molar refractivity (Wildman–Crippen MR) is 319 cm³/mol. The van der Waals surface area contributed by atoms with Crippen molar-refractivity contribution in [3.05, 3.63) is 285 Å². The molecule has 0 atom stereocenters. The zero-order valence-corrected chi connectivity index (χ0v) is 41.0. The number of para-hydroxylation sites is 3. The lowest BCUT2D eigenvalue weighted by atomic mass is 9.92. The Hall–Kier alpha value is -9.96. The normalized spacial score (nSPS) is 11.7. The molecule has 0 N–H and O–H groups in total. The van der Waals surface area contributed by atoms with E-state index < -0.39 is 0 Å². The Balaban J connectivity index is 0.943. The number of hydrogen-bond donors (Lipinski definition) is 0. The van der Waals surface area contributed by atoms with E-state index in [1.165, 1.54) is 87.1 Å². The zero-order valence-electron chi connectivity index (χ0n) is 41.0. The highest BCUT2D eigenvalue weighted by Crippen LogP contribution is 2.44. The molecule has 0 radical (unpaired) electrons. The van der Waals surface area contributed by atoms with Gasteiger partial charge in [0.15, 0.2) is 0 Å². The van der Waals surface area contributed by atoms with Gasteiger partial charge in [-0.05, 0) is 181 Å². The van der Waals surface area contributed by atoms with Crippen molar-refractivity contribution in [1.29, 1.82) is 0 Å². The molecule has 0 amide bonds. The van der Waals surface area contributed by atoms with E-state index in [-0.39, 0.29) is 0 Å². The molecule has 2 heterocycles. The lowest BCUT2D eigenvalue weighted by Gasteiger charge is -2.26. The van der Waals surface area contributed by atoms with Crippen molar-refractivity contribution in [3.8, 4) is 44.8 Å². The molecule has 0 unspecified atom stereocenters. The number of nitrogens with zero attached hydrogens (tertiary/aromatic N) is 3. The summed E-state index contributed by atoms with van der Waals surface area (Å²) in [5.74, 6) is 0. The molecule has 0 aliphatic carbocycles. The van der Waals surface area contributed by atoms with Crippen LogP contribution in [0.5, 0.6) is 0 Å². The van der Waals surface area contributed by atoms with Gasteiger partial charge in [0, 0.05) is 50.0 Å². The lowest BCUT2D eigenvalue weighted by Crippen LogP contribution is -2.09. The fraction of sp³-hybridized carbons (Fsp3) is 0. The standard InChI is InChI=1S/C72H47N3/c1-4-20-58(21-5-1)73(62-37-30-48-16-10-11-19-52(48)45-62)61-35-28-49(29-36-61)55-42-56(53-33-38-67-65(46-53)71-63-26-14-12-17-50(63)31-40-69(71)74(67)59-22-6-2-7-23-59)44-57(43-55)54-34-39-68-66(47-54)72-64-27-15-13-18-51(64)32-41-70(72)75(68)60-24-8-3-9-25-60/h1-47H. The van der Waals surface area contributed by atoms with Crippen LogP contribution in [0.25, 0.3) is 121 Å². The third kappa shape index (κ3) is 7.12. The third-order valence-electron chi connectivity index (χ3n) is 15.4. The van der Waals surface area contributed by atoms with Crippen molar-refractivity contribution in [3.63, 3.8) is 0 Å². The molecule has 0 aliphatic heterocycles. The summed E-state index contributed by atoms with van der Waals surface area (Å²) < 4.78 is 4.84. The Morgan fingerprint density at radius 1 is 0.213 bits per heavy atom. The zero-order chi connectivity index (χ0) is 49.4. The maximum atomic E-state index is 2.43. The van der Waals surface area contributed by atoms with Crippen molar-refractivity contribution in [2.24, 2.45) is 0 Å². The number of fused-ring (bicyclic) bond motifs is 11. The van der Waals surface area contributed by atoms with Gasteiger partial charge in [0.25, 0.3) is 0 Å². The first-order valence-electron chi connectivity index (χ1n) is 25.8. The van der Waals surface area contributed by atoms with Gasteiger partial charge in [-0.25, -0.2) is 0 Å². The van der Waals surface area contributed by atoms with E-state index >= 15 is 0 Å². The molecule has 15 rings (SSSR count). The van der Waals surface area contributed by atoms with Gasteiger partial charge in [0.1, 0.15) is 0 Å². The van der Waals surface area contributed by atoms with E-state index in [1.54, 1.807) is 0 Å². The number of benzene rings is 13. The van der Waals surface area contributed by atoms with Crippen LogP contribution < -0.4 is 4.90 Å². The van der Waals surface area contributed by atoms with Crippen molar-refractivity contribution < 1.29 is 0 Å². The molecule has 0 saturated carbocycles. The Labute approximate surface area is 434 Å². The fourth-order valence-corrected chi connectivity index (χ4v) is 11.9. The molecule has 75 heavy (non-hydrogen) atoms. The van der Waals surface area contributed by atoms with E-state index in [0.29, 0.717) is 0 Å². The second-order valence-electron chi connectivity index (χ2n) is 19.7. The van der Waals surface area contributed by atoms with Gasteiger partial charge in [0.05, 0.1) is 22.1 Å². The number of anilines is 3. The third-order valence-corrected chi connectivity index (χ3v) is 15.4. The summed E-state index contributed by atoms with van der Waals surface area (Å²) in [5, 5.41) is 12.4. The average Bonchev–Trinajstić information content (AvgIpc) is 4.03. The largest absolute Gasteiger partial charge is 0.310 e. The summed E-state index contributed by atoms with van der Waals surface area (Å²) in [4.78, 5) is 2.35. The summed E-state index contributed by atoms with van der Waals surface area (Å²) in [6.45, 7) is 0.